The molecule has 1 nitrogen and oxygen atoms in total. The van der Waals surface area contributed by atoms with Gasteiger partial charge in [-0.15, -0.1) is 0 Å². The van der Waals surface area contributed by atoms with E-state index < -0.39 is 0 Å². The van der Waals surface area contributed by atoms with Gasteiger partial charge in [0.25, 0.3) is 0 Å². The summed E-state index contributed by atoms with van der Waals surface area (Å²) < 4.78 is 1.16. The minimum atomic E-state index is 0.157. The van der Waals surface area contributed by atoms with E-state index in [0.29, 0.717) is 6.04 Å². The summed E-state index contributed by atoms with van der Waals surface area (Å²) in [6, 6.07) is 17.5. The summed E-state index contributed by atoms with van der Waals surface area (Å²) in [5.41, 5.74) is 3.98. The lowest BCUT2D eigenvalue weighted by atomic mass is 9.79. The number of hydrogen-bond donors (Lipinski definition) is 1. The third-order valence-electron chi connectivity index (χ3n) is 3.97. The number of hydrogen-bond acceptors (Lipinski definition) is 1. The molecule has 0 heterocycles. The highest BCUT2D eigenvalue weighted by Gasteiger charge is 2.23. The molecule has 0 spiro atoms. The van der Waals surface area contributed by atoms with E-state index in [2.05, 4.69) is 97.5 Å². The number of benzene rings is 2. The summed E-state index contributed by atoms with van der Waals surface area (Å²) >= 11 is 3.67. The lowest BCUT2D eigenvalue weighted by Crippen LogP contribution is -2.27. The van der Waals surface area contributed by atoms with Crippen LogP contribution >= 0.6 is 15.9 Å². The number of anilines is 1. The monoisotopic (exact) mass is 345 g/mol. The molecule has 2 aromatic carbocycles. The van der Waals surface area contributed by atoms with Crippen molar-refractivity contribution < 1.29 is 0 Å². The van der Waals surface area contributed by atoms with Gasteiger partial charge in [0.2, 0.25) is 0 Å². The largest absolute Gasteiger partial charge is 0.382 e. The van der Waals surface area contributed by atoms with Gasteiger partial charge in [-0.3, -0.25) is 0 Å². The zero-order chi connectivity index (χ0) is 15.5. The van der Waals surface area contributed by atoms with E-state index in [1.165, 1.54) is 16.8 Å². The lowest BCUT2D eigenvalue weighted by molar-refractivity contribution is 0.450. The quantitative estimate of drug-likeness (QED) is 0.708. The molecule has 21 heavy (non-hydrogen) atoms. The summed E-state index contributed by atoms with van der Waals surface area (Å²) in [4.78, 5) is 0. The smallest absolute Gasteiger partial charge is 0.0489 e. The van der Waals surface area contributed by atoms with Gasteiger partial charge in [0.1, 0.15) is 0 Å². The van der Waals surface area contributed by atoms with E-state index in [-0.39, 0.29) is 5.41 Å². The lowest BCUT2D eigenvalue weighted by Gasteiger charge is -2.30. The van der Waals surface area contributed by atoms with Gasteiger partial charge >= 0.3 is 0 Å². The van der Waals surface area contributed by atoms with E-state index in [1.807, 2.05) is 0 Å². The molecule has 0 fully saturated rings. The van der Waals surface area contributed by atoms with Crippen LogP contribution in [0.2, 0.25) is 0 Å². The van der Waals surface area contributed by atoms with Gasteiger partial charge in [-0.25, -0.2) is 0 Å². The molecule has 1 N–H and O–H groups in total. The van der Waals surface area contributed by atoms with Crippen molar-refractivity contribution in [1.29, 1.82) is 0 Å². The molecule has 1 atom stereocenters. The van der Waals surface area contributed by atoms with E-state index in [0.717, 1.165) is 10.9 Å². The second-order valence-corrected chi connectivity index (χ2v) is 7.23. The maximum atomic E-state index is 3.67. The Kier molecular flexibility index (Phi) is 5.10. The highest BCUT2D eigenvalue weighted by Crippen LogP contribution is 2.31. The van der Waals surface area contributed by atoms with Crippen molar-refractivity contribution in [2.24, 2.45) is 0 Å². The Balaban J connectivity index is 2.08. The predicted molar refractivity (Wildman–Crippen MR) is 96.0 cm³/mol. The van der Waals surface area contributed by atoms with Gasteiger partial charge in [0, 0.05) is 16.2 Å². The highest BCUT2D eigenvalue weighted by atomic mass is 79.9. The summed E-state index contributed by atoms with van der Waals surface area (Å²) in [5, 5.41) is 3.63. The third kappa shape index (κ3) is 4.10. The molecule has 0 aromatic heterocycles. The van der Waals surface area contributed by atoms with E-state index >= 15 is 0 Å². The molecule has 0 aliphatic carbocycles. The van der Waals surface area contributed by atoms with Crippen LogP contribution in [0.25, 0.3) is 0 Å². The SMILES string of the molecule is Cc1cccc(NC(C)CC(C)(C)c2ccccc2)c1Br. The van der Waals surface area contributed by atoms with Crippen LogP contribution in [0, 0.1) is 6.92 Å². The van der Waals surface area contributed by atoms with Crippen molar-refractivity contribution in [2.45, 2.75) is 45.6 Å². The number of halogens is 1. The predicted octanol–water partition coefficient (Wildman–Crippen LogP) is 5.93. The first kappa shape index (κ1) is 16.1. The van der Waals surface area contributed by atoms with Crippen LogP contribution in [0.1, 0.15) is 38.3 Å². The van der Waals surface area contributed by atoms with Crippen molar-refractivity contribution in [1.82, 2.24) is 0 Å². The first-order chi connectivity index (χ1) is 9.90. The maximum Gasteiger partial charge on any atom is 0.0489 e. The molecule has 2 aromatic rings. The molecule has 0 aliphatic heterocycles. The van der Waals surface area contributed by atoms with Gasteiger partial charge in [0.15, 0.2) is 0 Å². The third-order valence-corrected chi connectivity index (χ3v) is 5.02. The van der Waals surface area contributed by atoms with Crippen LogP contribution in [0.15, 0.2) is 53.0 Å². The molecule has 2 rings (SSSR count). The molecule has 0 aliphatic rings. The molecule has 0 saturated carbocycles. The number of aryl methyl sites for hydroxylation is 1. The first-order valence-corrected chi connectivity index (χ1v) is 8.26. The molecule has 0 saturated heterocycles. The van der Waals surface area contributed by atoms with Gasteiger partial charge < -0.3 is 5.32 Å². The van der Waals surface area contributed by atoms with Crippen LogP contribution in [0.3, 0.4) is 0 Å². The Morgan fingerprint density at radius 1 is 1.05 bits per heavy atom. The fourth-order valence-electron chi connectivity index (χ4n) is 2.85. The summed E-state index contributed by atoms with van der Waals surface area (Å²) in [6.07, 6.45) is 1.08. The van der Waals surface area contributed by atoms with Crippen molar-refractivity contribution in [3.63, 3.8) is 0 Å². The standard InChI is InChI=1S/C19H24BrN/c1-14-9-8-12-17(18(14)20)21-15(2)13-19(3,4)16-10-6-5-7-11-16/h5-12,15,21H,13H2,1-4H3. The first-order valence-electron chi connectivity index (χ1n) is 7.47. The summed E-state index contributed by atoms with van der Waals surface area (Å²) in [7, 11) is 0. The Hall–Kier alpha value is -1.28. The van der Waals surface area contributed by atoms with E-state index in [1.54, 1.807) is 0 Å². The second-order valence-electron chi connectivity index (χ2n) is 6.44. The summed E-state index contributed by atoms with van der Waals surface area (Å²) in [6.45, 7) is 8.99. The molecular formula is C19H24BrN. The van der Waals surface area contributed by atoms with Crippen LogP contribution in [0.4, 0.5) is 5.69 Å². The fraction of sp³-hybridized carbons (Fsp3) is 0.368. The molecule has 2 heteroatoms. The van der Waals surface area contributed by atoms with Crippen molar-refractivity contribution in [3.8, 4) is 0 Å². The van der Waals surface area contributed by atoms with Crippen molar-refractivity contribution in [3.05, 3.63) is 64.1 Å². The second kappa shape index (κ2) is 6.65. The van der Waals surface area contributed by atoms with Crippen LogP contribution in [-0.2, 0) is 5.41 Å². The Morgan fingerprint density at radius 3 is 2.38 bits per heavy atom. The molecule has 0 bridgehead atoms. The summed E-state index contributed by atoms with van der Waals surface area (Å²) in [5.74, 6) is 0. The normalized spacial score (nSPS) is 13.0. The van der Waals surface area contributed by atoms with Gasteiger partial charge in [0.05, 0.1) is 0 Å². The molecule has 0 radical (unpaired) electrons. The van der Waals surface area contributed by atoms with Crippen LogP contribution in [0.5, 0.6) is 0 Å². The fourth-order valence-corrected chi connectivity index (χ4v) is 3.23. The van der Waals surface area contributed by atoms with E-state index in [4.69, 9.17) is 0 Å². The minimum Gasteiger partial charge on any atom is -0.382 e. The zero-order valence-electron chi connectivity index (χ0n) is 13.3. The Labute approximate surface area is 136 Å². The zero-order valence-corrected chi connectivity index (χ0v) is 14.9. The molecular weight excluding hydrogens is 322 g/mol. The molecule has 0 amide bonds. The molecule has 112 valence electrons. The highest BCUT2D eigenvalue weighted by molar-refractivity contribution is 9.10. The van der Waals surface area contributed by atoms with Crippen molar-refractivity contribution >= 4 is 21.6 Å². The van der Waals surface area contributed by atoms with Crippen LogP contribution < -0.4 is 5.32 Å². The van der Waals surface area contributed by atoms with Gasteiger partial charge in [-0.1, -0.05) is 56.3 Å². The minimum absolute atomic E-state index is 0.157. The maximum absolute atomic E-state index is 3.67. The van der Waals surface area contributed by atoms with Crippen LogP contribution in [-0.4, -0.2) is 6.04 Å². The average molecular weight is 346 g/mol. The Morgan fingerprint density at radius 2 is 1.71 bits per heavy atom. The number of rotatable bonds is 5. The van der Waals surface area contributed by atoms with Crippen molar-refractivity contribution in [2.75, 3.05) is 5.32 Å². The Bertz CT molecular complexity index is 590. The van der Waals surface area contributed by atoms with E-state index in [9.17, 15) is 0 Å². The number of nitrogens with one attached hydrogen (secondary N) is 1. The average Bonchev–Trinajstić information content (AvgIpc) is 2.44. The van der Waals surface area contributed by atoms with Gasteiger partial charge in [-0.2, -0.15) is 0 Å². The van der Waals surface area contributed by atoms with Gasteiger partial charge in [-0.05, 0) is 58.8 Å². The topological polar surface area (TPSA) is 12.0 Å². The molecule has 1 unspecified atom stereocenters.